The summed E-state index contributed by atoms with van der Waals surface area (Å²) in [4.78, 5) is 40.6. The van der Waals surface area contributed by atoms with Gasteiger partial charge in [0.2, 0.25) is 5.91 Å². The molecule has 1 spiro atoms. The van der Waals surface area contributed by atoms with E-state index < -0.39 is 26.1 Å². The van der Waals surface area contributed by atoms with E-state index in [4.69, 9.17) is 9.47 Å². The molecule has 10 nitrogen and oxygen atoms in total. The number of carbonyl (C=O) groups is 2. The van der Waals surface area contributed by atoms with Crippen LogP contribution in [0.2, 0.25) is 18.6 Å². The van der Waals surface area contributed by atoms with E-state index in [0.717, 1.165) is 23.4 Å². The van der Waals surface area contributed by atoms with Gasteiger partial charge in [-0.25, -0.2) is 0 Å². The number of anilines is 3. The zero-order valence-electron chi connectivity index (χ0n) is 24.9. The molecule has 1 unspecified atom stereocenters. The summed E-state index contributed by atoms with van der Waals surface area (Å²) in [6.45, 7) is 8.68. The molecule has 3 aliphatic rings. The number of aliphatic hydroxyl groups is 2. The Labute approximate surface area is 248 Å². The van der Waals surface area contributed by atoms with E-state index >= 15 is 0 Å². The number of hydrogen-bond acceptors (Lipinski definition) is 8. The van der Waals surface area contributed by atoms with Crippen LogP contribution in [0.4, 0.5) is 17.1 Å². The number of benzene rings is 2. The minimum atomic E-state index is -2.79. The molecule has 228 valence electrons. The van der Waals surface area contributed by atoms with Crippen LogP contribution in [0.3, 0.4) is 0 Å². The number of carbonyl (C=O) groups excluding carboxylic acids is 2. The SMILES string of the molecule is CCOc1ccc2c(c1)CC(NCCCCO)C(=O)N2c1ccc2c(c1)[C@]1(O[C@@H](CCO)[C@H]([Si](C)(C)O)[C@H]1C)C(=O)N2. The summed E-state index contributed by atoms with van der Waals surface area (Å²) in [5, 5.41) is 25.3. The third-order valence-electron chi connectivity index (χ3n) is 8.92. The summed E-state index contributed by atoms with van der Waals surface area (Å²) in [6, 6.07) is 10.8. The minimum Gasteiger partial charge on any atom is -0.494 e. The number of hydrogen-bond donors (Lipinski definition) is 5. The van der Waals surface area contributed by atoms with Gasteiger partial charge in [0, 0.05) is 41.6 Å². The molecule has 42 heavy (non-hydrogen) atoms. The molecule has 5 rings (SSSR count). The molecule has 3 aliphatic heterocycles. The van der Waals surface area contributed by atoms with Crippen LogP contribution >= 0.6 is 0 Å². The Morgan fingerprint density at radius 1 is 1.14 bits per heavy atom. The first kappa shape index (κ1) is 30.6. The van der Waals surface area contributed by atoms with Gasteiger partial charge in [0.15, 0.2) is 13.9 Å². The maximum atomic E-state index is 14.0. The number of nitrogens with zero attached hydrogens (tertiary/aromatic N) is 1. The normalized spacial score (nSPS) is 26.9. The fraction of sp³-hybridized carbons (Fsp3) is 0.548. The predicted octanol–water partition coefficient (Wildman–Crippen LogP) is 3.17. The summed E-state index contributed by atoms with van der Waals surface area (Å²) in [5.41, 5.74) is 1.97. The number of ether oxygens (including phenoxy) is 2. The van der Waals surface area contributed by atoms with Crippen molar-refractivity contribution in [3.8, 4) is 5.75 Å². The average molecular weight is 598 g/mol. The molecule has 0 radical (unpaired) electrons. The van der Waals surface area contributed by atoms with Crippen LogP contribution in [0.1, 0.15) is 44.2 Å². The Bertz CT molecular complexity index is 1330. The van der Waals surface area contributed by atoms with Gasteiger partial charge in [0.1, 0.15) is 5.75 Å². The first-order chi connectivity index (χ1) is 20.1. The van der Waals surface area contributed by atoms with Crippen LogP contribution in [-0.2, 0) is 26.3 Å². The highest BCUT2D eigenvalue weighted by Crippen LogP contribution is 2.58. The van der Waals surface area contributed by atoms with Gasteiger partial charge in [-0.2, -0.15) is 0 Å². The van der Waals surface area contributed by atoms with Gasteiger partial charge in [0.25, 0.3) is 5.91 Å². The van der Waals surface area contributed by atoms with Gasteiger partial charge >= 0.3 is 0 Å². The second-order valence-corrected chi connectivity index (χ2v) is 16.1. The molecule has 5 atom stereocenters. The number of amides is 2. The van der Waals surface area contributed by atoms with E-state index in [1.165, 1.54) is 0 Å². The van der Waals surface area contributed by atoms with Crippen molar-refractivity contribution in [1.82, 2.24) is 5.32 Å². The maximum absolute atomic E-state index is 14.0. The van der Waals surface area contributed by atoms with Crippen LogP contribution in [0.15, 0.2) is 36.4 Å². The van der Waals surface area contributed by atoms with Gasteiger partial charge in [-0.05, 0) is 94.2 Å². The van der Waals surface area contributed by atoms with Gasteiger partial charge < -0.3 is 35.1 Å². The summed E-state index contributed by atoms with van der Waals surface area (Å²) in [7, 11) is -2.79. The van der Waals surface area contributed by atoms with Crippen molar-refractivity contribution in [3.63, 3.8) is 0 Å². The topological polar surface area (TPSA) is 141 Å². The summed E-state index contributed by atoms with van der Waals surface area (Å²) in [6.07, 6.45) is 1.75. The molecule has 2 amide bonds. The molecule has 0 aromatic heterocycles. The smallest absolute Gasteiger partial charge is 0.261 e. The molecule has 11 heteroatoms. The van der Waals surface area contributed by atoms with Crippen molar-refractivity contribution in [3.05, 3.63) is 47.5 Å². The zero-order chi connectivity index (χ0) is 30.2. The molecule has 1 saturated heterocycles. The van der Waals surface area contributed by atoms with Crippen molar-refractivity contribution < 1.29 is 34.1 Å². The highest BCUT2D eigenvalue weighted by atomic mass is 28.4. The van der Waals surface area contributed by atoms with Crippen LogP contribution in [-0.4, -0.2) is 73.7 Å². The fourth-order valence-electron chi connectivity index (χ4n) is 7.14. The molecule has 3 heterocycles. The molecule has 2 aromatic rings. The van der Waals surface area contributed by atoms with E-state index in [9.17, 15) is 24.6 Å². The molecule has 5 N–H and O–H groups in total. The number of nitrogens with one attached hydrogen (secondary N) is 2. The molecular weight excluding hydrogens is 554 g/mol. The van der Waals surface area contributed by atoms with E-state index in [1.807, 2.05) is 63.3 Å². The van der Waals surface area contributed by atoms with Gasteiger partial charge in [0.05, 0.1) is 24.4 Å². The van der Waals surface area contributed by atoms with Gasteiger partial charge in [-0.1, -0.05) is 6.92 Å². The van der Waals surface area contributed by atoms with E-state index in [0.29, 0.717) is 49.4 Å². The summed E-state index contributed by atoms with van der Waals surface area (Å²) in [5.74, 6) is -0.0169. The standard InChI is InChI=1S/C31H43N3O7Si/c1-5-40-22-9-11-26-20(16-22)17-25(32-13-6-7-14-35)29(37)34(26)21-8-10-24-23(18-21)31(30(38)33-24)19(2)28(42(3,4)39)27(41-31)12-15-36/h8-11,16,18-19,25,27-28,32,35-36,39H,5-7,12-15,17H2,1-4H3,(H,33,38)/t19-,25?,27+,28-,31+/m1/s1. The van der Waals surface area contributed by atoms with E-state index in [-0.39, 0.29) is 36.5 Å². The van der Waals surface area contributed by atoms with Crippen LogP contribution in [0.25, 0.3) is 0 Å². The Balaban J connectivity index is 1.57. The molecule has 0 aliphatic carbocycles. The highest BCUT2D eigenvalue weighted by molar-refractivity contribution is 6.71. The van der Waals surface area contributed by atoms with E-state index in [1.54, 1.807) is 4.90 Å². The average Bonchev–Trinajstić information content (AvgIpc) is 3.40. The lowest BCUT2D eigenvalue weighted by Crippen LogP contribution is -2.49. The second-order valence-electron chi connectivity index (χ2n) is 12.1. The lowest BCUT2D eigenvalue weighted by molar-refractivity contribution is -0.143. The van der Waals surface area contributed by atoms with Crippen molar-refractivity contribution in [2.75, 3.05) is 36.6 Å². The van der Waals surface area contributed by atoms with Crippen molar-refractivity contribution in [1.29, 1.82) is 0 Å². The summed E-state index contributed by atoms with van der Waals surface area (Å²) >= 11 is 0. The Kier molecular flexibility index (Phi) is 8.80. The third-order valence-corrected chi connectivity index (χ3v) is 11.4. The van der Waals surface area contributed by atoms with Crippen LogP contribution < -0.4 is 20.3 Å². The number of unbranched alkanes of at least 4 members (excludes halogenated alkanes) is 1. The van der Waals surface area contributed by atoms with Gasteiger partial charge in [-0.15, -0.1) is 0 Å². The molecule has 2 aromatic carbocycles. The first-order valence-corrected chi connectivity index (χ1v) is 18.0. The van der Waals surface area contributed by atoms with Crippen LogP contribution in [0, 0.1) is 5.92 Å². The van der Waals surface area contributed by atoms with Crippen molar-refractivity contribution in [2.24, 2.45) is 5.92 Å². The Morgan fingerprint density at radius 3 is 2.62 bits per heavy atom. The number of fused-ring (bicyclic) bond motifs is 3. The van der Waals surface area contributed by atoms with Gasteiger partial charge in [-0.3, -0.25) is 14.5 Å². The monoisotopic (exact) mass is 597 g/mol. The lowest BCUT2D eigenvalue weighted by atomic mass is 9.82. The third kappa shape index (κ3) is 5.27. The Hall–Kier alpha value is -2.80. The molecule has 0 bridgehead atoms. The first-order valence-electron chi connectivity index (χ1n) is 15.0. The zero-order valence-corrected chi connectivity index (χ0v) is 25.9. The Morgan fingerprint density at radius 2 is 1.93 bits per heavy atom. The molecule has 1 fully saturated rings. The van der Waals surface area contributed by atoms with E-state index in [2.05, 4.69) is 10.6 Å². The predicted molar refractivity (Wildman–Crippen MR) is 163 cm³/mol. The second kappa shape index (κ2) is 12.1. The maximum Gasteiger partial charge on any atom is 0.261 e. The largest absolute Gasteiger partial charge is 0.494 e. The summed E-state index contributed by atoms with van der Waals surface area (Å²) < 4.78 is 12.3. The molecule has 0 saturated carbocycles. The van der Waals surface area contributed by atoms with Crippen LogP contribution in [0.5, 0.6) is 5.75 Å². The minimum absolute atomic E-state index is 0.104. The number of aliphatic hydroxyl groups excluding tert-OH is 2. The molecular formula is C31H43N3O7Si. The van der Waals surface area contributed by atoms with Crippen molar-refractivity contribution in [2.45, 2.75) is 75.9 Å². The highest BCUT2D eigenvalue weighted by Gasteiger charge is 2.64. The fourth-order valence-corrected chi connectivity index (χ4v) is 9.74. The van der Waals surface area contributed by atoms with Crippen molar-refractivity contribution >= 4 is 37.2 Å². The lowest BCUT2D eigenvalue weighted by Gasteiger charge is -2.36. The number of rotatable bonds is 11. The quantitative estimate of drug-likeness (QED) is 0.197.